The Hall–Kier alpha value is -2.08. The van der Waals surface area contributed by atoms with Crippen molar-refractivity contribution in [1.29, 1.82) is 0 Å². The molecule has 2 heterocycles. The zero-order valence-electron chi connectivity index (χ0n) is 10.9. The van der Waals surface area contributed by atoms with Gasteiger partial charge in [-0.25, -0.2) is 9.59 Å². The van der Waals surface area contributed by atoms with Crippen LogP contribution in [0.15, 0.2) is 24.3 Å². The zero-order chi connectivity index (χ0) is 14.3. The van der Waals surface area contributed by atoms with Gasteiger partial charge >= 0.3 is 12.0 Å². The Labute approximate surface area is 116 Å². The van der Waals surface area contributed by atoms with Crippen molar-refractivity contribution < 1.29 is 19.8 Å². The molecule has 2 aliphatic heterocycles. The predicted octanol–water partition coefficient (Wildman–Crippen LogP) is 0.689. The lowest BCUT2D eigenvalue weighted by atomic mass is 10.2. The summed E-state index contributed by atoms with van der Waals surface area (Å²) in [6, 6.07) is 6.34. The molecular formula is C14H16N2O4. The molecule has 0 unspecified atom stereocenters. The molecule has 0 aromatic heterocycles. The number of likely N-dealkylation sites (tertiary alicyclic amines) is 1. The number of carboxylic acids is 1. The van der Waals surface area contributed by atoms with Crippen LogP contribution in [0.25, 0.3) is 0 Å². The van der Waals surface area contributed by atoms with Crippen molar-refractivity contribution >= 4 is 17.7 Å². The number of β-amino-alcohol motifs (C(OH)–C–C–N with tert-alkyl or cyclic N) is 1. The molecule has 3 rings (SSSR count). The number of rotatable bonds is 1. The van der Waals surface area contributed by atoms with E-state index in [1.165, 1.54) is 4.90 Å². The van der Waals surface area contributed by atoms with E-state index in [1.807, 2.05) is 24.3 Å². The smallest absolute Gasteiger partial charge is 0.326 e. The first-order valence-corrected chi connectivity index (χ1v) is 6.65. The van der Waals surface area contributed by atoms with Crippen LogP contribution in [-0.4, -0.2) is 52.3 Å². The Morgan fingerprint density at radius 3 is 2.75 bits per heavy atom. The number of aliphatic hydroxyl groups excluding tert-OH is 1. The molecule has 106 valence electrons. The highest BCUT2D eigenvalue weighted by molar-refractivity contribution is 5.96. The van der Waals surface area contributed by atoms with Crippen LogP contribution in [0.3, 0.4) is 0 Å². The van der Waals surface area contributed by atoms with Crippen LogP contribution >= 0.6 is 0 Å². The molecule has 0 bridgehead atoms. The average molecular weight is 276 g/mol. The van der Waals surface area contributed by atoms with Crippen molar-refractivity contribution in [1.82, 2.24) is 4.90 Å². The maximum absolute atomic E-state index is 12.5. The molecule has 2 N–H and O–H groups in total. The second kappa shape index (κ2) is 4.79. The summed E-state index contributed by atoms with van der Waals surface area (Å²) in [6.07, 6.45) is 0.102. The highest BCUT2D eigenvalue weighted by atomic mass is 16.4. The summed E-state index contributed by atoms with van der Waals surface area (Å²) in [6.45, 7) is 0.631. The number of carbonyl (C=O) groups is 2. The van der Waals surface area contributed by atoms with Crippen LogP contribution in [0.5, 0.6) is 0 Å². The first kappa shape index (κ1) is 12.9. The Morgan fingerprint density at radius 2 is 2.00 bits per heavy atom. The molecule has 0 aliphatic carbocycles. The molecule has 2 amide bonds. The standard InChI is InChI=1S/C14H16N2O4/c17-10-7-12(13(18)19)16(8-10)14(20)15-6-5-9-3-1-2-4-11(9)15/h1-4,10,12,17H,5-8H2,(H,18,19)/t10-,12-/m1/s1. The summed E-state index contributed by atoms with van der Waals surface area (Å²) in [5, 5.41) is 18.8. The third-order valence-corrected chi connectivity index (χ3v) is 3.93. The SMILES string of the molecule is O=C(O)[C@H]1C[C@@H](O)CN1C(=O)N1CCc2ccccc21. The van der Waals surface area contributed by atoms with Gasteiger partial charge in [-0.15, -0.1) is 0 Å². The first-order valence-electron chi connectivity index (χ1n) is 6.65. The first-order chi connectivity index (χ1) is 9.58. The quantitative estimate of drug-likeness (QED) is 0.790. The minimum absolute atomic E-state index is 0.0778. The molecule has 1 saturated heterocycles. The van der Waals surface area contributed by atoms with Crippen molar-refractivity contribution in [2.45, 2.75) is 25.0 Å². The Morgan fingerprint density at radius 1 is 1.25 bits per heavy atom. The maximum atomic E-state index is 12.5. The molecule has 0 radical (unpaired) electrons. The van der Waals surface area contributed by atoms with Gasteiger partial charge in [0.2, 0.25) is 0 Å². The number of anilines is 1. The van der Waals surface area contributed by atoms with Crippen molar-refractivity contribution in [3.05, 3.63) is 29.8 Å². The molecule has 1 aromatic carbocycles. The number of hydrogen-bond donors (Lipinski definition) is 2. The van der Waals surface area contributed by atoms with Crippen LogP contribution in [0.1, 0.15) is 12.0 Å². The van der Waals surface area contributed by atoms with Crippen LogP contribution in [0.2, 0.25) is 0 Å². The van der Waals surface area contributed by atoms with E-state index in [9.17, 15) is 14.7 Å². The fourth-order valence-electron chi connectivity index (χ4n) is 2.95. The van der Waals surface area contributed by atoms with Gasteiger partial charge in [0.15, 0.2) is 0 Å². The van der Waals surface area contributed by atoms with E-state index < -0.39 is 18.1 Å². The van der Waals surface area contributed by atoms with E-state index in [1.54, 1.807) is 4.90 Å². The fourth-order valence-corrected chi connectivity index (χ4v) is 2.95. The largest absolute Gasteiger partial charge is 0.480 e. The lowest BCUT2D eigenvalue weighted by molar-refractivity contribution is -0.141. The second-order valence-corrected chi connectivity index (χ2v) is 5.21. The van der Waals surface area contributed by atoms with Gasteiger partial charge in [0, 0.05) is 25.2 Å². The number of hydrogen-bond acceptors (Lipinski definition) is 3. The maximum Gasteiger partial charge on any atom is 0.326 e. The second-order valence-electron chi connectivity index (χ2n) is 5.21. The molecule has 1 aromatic rings. The van der Waals surface area contributed by atoms with Gasteiger partial charge in [-0.3, -0.25) is 4.90 Å². The van der Waals surface area contributed by atoms with E-state index in [0.29, 0.717) is 6.54 Å². The van der Waals surface area contributed by atoms with E-state index in [4.69, 9.17) is 5.11 Å². The predicted molar refractivity (Wildman–Crippen MR) is 71.6 cm³/mol. The van der Waals surface area contributed by atoms with Gasteiger partial charge < -0.3 is 15.1 Å². The molecule has 6 nitrogen and oxygen atoms in total. The molecule has 2 aliphatic rings. The van der Waals surface area contributed by atoms with E-state index in [0.717, 1.165) is 17.7 Å². The molecule has 6 heteroatoms. The van der Waals surface area contributed by atoms with Crippen LogP contribution < -0.4 is 4.90 Å². The van der Waals surface area contributed by atoms with Gasteiger partial charge in [0.05, 0.1) is 6.10 Å². The summed E-state index contributed by atoms with van der Waals surface area (Å²) < 4.78 is 0. The summed E-state index contributed by atoms with van der Waals surface area (Å²) in [7, 11) is 0. The third kappa shape index (κ3) is 2.02. The number of nitrogens with zero attached hydrogens (tertiary/aromatic N) is 2. The van der Waals surface area contributed by atoms with Gasteiger partial charge in [-0.1, -0.05) is 18.2 Å². The average Bonchev–Trinajstić information content (AvgIpc) is 3.01. The van der Waals surface area contributed by atoms with Gasteiger partial charge in [0.25, 0.3) is 0 Å². The summed E-state index contributed by atoms with van der Waals surface area (Å²) in [5.74, 6) is -1.07. The lowest BCUT2D eigenvalue weighted by Gasteiger charge is -2.27. The number of aliphatic carboxylic acids is 1. The minimum atomic E-state index is -1.07. The normalized spacial score (nSPS) is 24.9. The van der Waals surface area contributed by atoms with Gasteiger partial charge in [-0.05, 0) is 18.1 Å². The van der Waals surface area contributed by atoms with Crippen molar-refractivity contribution in [3.8, 4) is 0 Å². The monoisotopic (exact) mass is 276 g/mol. The van der Waals surface area contributed by atoms with Crippen LogP contribution in [-0.2, 0) is 11.2 Å². The van der Waals surface area contributed by atoms with E-state index in [-0.39, 0.29) is 19.0 Å². The molecule has 0 spiro atoms. The van der Waals surface area contributed by atoms with Gasteiger partial charge in [0.1, 0.15) is 6.04 Å². The number of carboxylic acid groups (broad SMARTS) is 1. The topological polar surface area (TPSA) is 81.1 Å². The molecule has 2 atom stereocenters. The van der Waals surface area contributed by atoms with E-state index in [2.05, 4.69) is 0 Å². The zero-order valence-corrected chi connectivity index (χ0v) is 10.9. The third-order valence-electron chi connectivity index (χ3n) is 3.93. The summed E-state index contributed by atoms with van der Waals surface area (Å²) in [5.41, 5.74) is 1.93. The number of carbonyl (C=O) groups excluding carboxylic acids is 1. The van der Waals surface area contributed by atoms with E-state index >= 15 is 0 Å². The molecule has 1 fully saturated rings. The van der Waals surface area contributed by atoms with Crippen molar-refractivity contribution in [3.63, 3.8) is 0 Å². The Bertz CT molecular complexity index is 560. The molecular weight excluding hydrogens is 260 g/mol. The van der Waals surface area contributed by atoms with Gasteiger partial charge in [-0.2, -0.15) is 0 Å². The Balaban J connectivity index is 1.85. The van der Waals surface area contributed by atoms with Crippen LogP contribution in [0, 0.1) is 0 Å². The number of urea groups is 1. The van der Waals surface area contributed by atoms with Crippen molar-refractivity contribution in [2.75, 3.05) is 18.0 Å². The molecule has 20 heavy (non-hydrogen) atoms. The lowest BCUT2D eigenvalue weighted by Crippen LogP contribution is -2.47. The summed E-state index contributed by atoms with van der Waals surface area (Å²) >= 11 is 0. The number of para-hydroxylation sites is 1. The number of amides is 2. The highest BCUT2D eigenvalue weighted by Gasteiger charge is 2.41. The highest BCUT2D eigenvalue weighted by Crippen LogP contribution is 2.30. The fraction of sp³-hybridized carbons (Fsp3) is 0.429. The Kier molecular flexibility index (Phi) is 3.10. The number of aliphatic hydroxyl groups is 1. The van der Waals surface area contributed by atoms with Crippen molar-refractivity contribution in [2.24, 2.45) is 0 Å². The van der Waals surface area contributed by atoms with Crippen LogP contribution in [0.4, 0.5) is 10.5 Å². The number of fused-ring (bicyclic) bond motifs is 1. The summed E-state index contributed by atoms with van der Waals surface area (Å²) in [4.78, 5) is 26.6. The number of benzene rings is 1. The minimum Gasteiger partial charge on any atom is -0.480 e. The molecule has 0 saturated carbocycles.